The molecular formula is C16H22N6O2. The van der Waals surface area contributed by atoms with Crippen LogP contribution in [0.25, 0.3) is 0 Å². The Morgan fingerprint density at radius 2 is 2.25 bits per heavy atom. The topological polar surface area (TPSA) is 85.2 Å². The van der Waals surface area contributed by atoms with Crippen LogP contribution in [0.1, 0.15) is 25.6 Å². The zero-order valence-electron chi connectivity index (χ0n) is 14.1. The van der Waals surface area contributed by atoms with E-state index in [0.717, 1.165) is 11.5 Å². The lowest BCUT2D eigenvalue weighted by Gasteiger charge is -2.37. The lowest BCUT2D eigenvalue weighted by atomic mass is 10.0. The second kappa shape index (κ2) is 6.56. The Balaban J connectivity index is 1.76. The van der Waals surface area contributed by atoms with Crippen LogP contribution in [-0.2, 0) is 15.1 Å². The Hall–Kier alpha value is -2.48. The summed E-state index contributed by atoms with van der Waals surface area (Å²) in [6, 6.07) is 5.74. The van der Waals surface area contributed by atoms with E-state index in [1.165, 1.54) is 6.33 Å². The van der Waals surface area contributed by atoms with Gasteiger partial charge in [0.25, 0.3) is 0 Å². The summed E-state index contributed by atoms with van der Waals surface area (Å²) >= 11 is 0. The maximum atomic E-state index is 13.0. The highest BCUT2D eigenvalue weighted by atomic mass is 16.5. The van der Waals surface area contributed by atoms with Crippen molar-refractivity contribution in [3.63, 3.8) is 0 Å². The van der Waals surface area contributed by atoms with Crippen LogP contribution < -0.4 is 5.32 Å². The van der Waals surface area contributed by atoms with Crippen LogP contribution in [0.15, 0.2) is 30.9 Å². The number of nitrogens with one attached hydrogen (secondary N) is 1. The summed E-state index contributed by atoms with van der Waals surface area (Å²) in [7, 11) is 1.82. The number of anilines is 1. The standard InChI is InChI=1S/C16H22N6O2/c1-16(2,22-11-18-10-19-22)15(23)21-7-8-24-13(9-21)12-5-4-6-14(17-3)20-12/h4-6,10-11,13H,7-9H2,1-3H3,(H,17,20)/t13-/m0/s1. The third-order valence-electron chi connectivity index (χ3n) is 4.23. The van der Waals surface area contributed by atoms with Crippen molar-refractivity contribution in [3.8, 4) is 0 Å². The SMILES string of the molecule is CNc1cccc([C@@H]2CN(C(=O)C(C)(C)n3cncn3)CCO2)n1. The highest BCUT2D eigenvalue weighted by Gasteiger charge is 2.37. The van der Waals surface area contributed by atoms with Gasteiger partial charge in [-0.15, -0.1) is 0 Å². The highest BCUT2D eigenvalue weighted by Crippen LogP contribution is 2.25. The molecule has 0 radical (unpaired) electrons. The van der Waals surface area contributed by atoms with Crippen molar-refractivity contribution in [1.82, 2.24) is 24.6 Å². The zero-order chi connectivity index (χ0) is 17.2. The van der Waals surface area contributed by atoms with Crippen LogP contribution >= 0.6 is 0 Å². The molecule has 3 rings (SSSR count). The van der Waals surface area contributed by atoms with Gasteiger partial charge in [-0.05, 0) is 26.0 Å². The number of hydrogen-bond acceptors (Lipinski definition) is 6. The molecule has 0 aromatic carbocycles. The lowest BCUT2D eigenvalue weighted by molar-refractivity contribution is -0.147. The number of ether oxygens (including phenoxy) is 1. The molecule has 1 aliphatic heterocycles. The average Bonchev–Trinajstić information content (AvgIpc) is 3.17. The predicted octanol–water partition coefficient (Wildman–Crippen LogP) is 1.05. The fourth-order valence-corrected chi connectivity index (χ4v) is 2.76. The Kier molecular flexibility index (Phi) is 4.48. The maximum Gasteiger partial charge on any atom is 0.250 e. The van der Waals surface area contributed by atoms with E-state index < -0.39 is 5.54 Å². The zero-order valence-corrected chi connectivity index (χ0v) is 14.1. The third kappa shape index (κ3) is 3.09. The molecule has 0 unspecified atom stereocenters. The van der Waals surface area contributed by atoms with Gasteiger partial charge in [0, 0.05) is 13.6 Å². The summed E-state index contributed by atoms with van der Waals surface area (Å²) in [5.41, 5.74) is 0.0245. The van der Waals surface area contributed by atoms with Gasteiger partial charge in [-0.1, -0.05) is 6.07 Å². The van der Waals surface area contributed by atoms with Crippen LogP contribution in [0.5, 0.6) is 0 Å². The summed E-state index contributed by atoms with van der Waals surface area (Å²) < 4.78 is 7.41. The van der Waals surface area contributed by atoms with Gasteiger partial charge >= 0.3 is 0 Å². The van der Waals surface area contributed by atoms with Crippen molar-refractivity contribution >= 4 is 11.7 Å². The molecule has 128 valence electrons. The molecule has 2 aromatic heterocycles. The number of carbonyl (C=O) groups is 1. The summed E-state index contributed by atoms with van der Waals surface area (Å²) in [5, 5.41) is 7.13. The molecule has 0 spiro atoms. The summed E-state index contributed by atoms with van der Waals surface area (Å²) in [5.74, 6) is 0.772. The molecule has 0 bridgehead atoms. The molecule has 1 fully saturated rings. The van der Waals surface area contributed by atoms with E-state index in [0.29, 0.717) is 19.7 Å². The summed E-state index contributed by atoms with van der Waals surface area (Å²) in [6.45, 7) is 5.19. The number of nitrogens with zero attached hydrogens (tertiary/aromatic N) is 5. The van der Waals surface area contributed by atoms with Gasteiger partial charge in [-0.2, -0.15) is 5.10 Å². The first kappa shape index (κ1) is 16.4. The van der Waals surface area contributed by atoms with Crippen molar-refractivity contribution in [2.75, 3.05) is 32.1 Å². The fraction of sp³-hybridized carbons (Fsp3) is 0.500. The Labute approximate surface area is 140 Å². The van der Waals surface area contributed by atoms with E-state index in [-0.39, 0.29) is 12.0 Å². The molecule has 1 atom stereocenters. The van der Waals surface area contributed by atoms with Crippen LogP contribution in [-0.4, -0.2) is 57.3 Å². The van der Waals surface area contributed by atoms with Crippen molar-refractivity contribution in [3.05, 3.63) is 36.5 Å². The van der Waals surface area contributed by atoms with E-state index >= 15 is 0 Å². The van der Waals surface area contributed by atoms with Gasteiger partial charge in [0.05, 0.1) is 18.8 Å². The van der Waals surface area contributed by atoms with Crippen LogP contribution in [0.3, 0.4) is 0 Å². The smallest absolute Gasteiger partial charge is 0.250 e. The predicted molar refractivity (Wildman–Crippen MR) is 88.4 cm³/mol. The summed E-state index contributed by atoms with van der Waals surface area (Å²) in [6.07, 6.45) is 2.76. The Bertz CT molecular complexity index is 700. The molecule has 0 saturated carbocycles. The van der Waals surface area contributed by atoms with E-state index in [9.17, 15) is 4.79 Å². The second-order valence-electron chi connectivity index (χ2n) is 6.21. The largest absolute Gasteiger partial charge is 0.373 e. The molecule has 0 aliphatic carbocycles. The second-order valence-corrected chi connectivity index (χ2v) is 6.21. The van der Waals surface area contributed by atoms with Gasteiger partial charge in [-0.3, -0.25) is 4.79 Å². The first-order valence-corrected chi connectivity index (χ1v) is 7.93. The quantitative estimate of drug-likeness (QED) is 0.902. The molecule has 3 heterocycles. The maximum absolute atomic E-state index is 13.0. The minimum atomic E-state index is -0.793. The number of amides is 1. The molecule has 1 amide bonds. The Morgan fingerprint density at radius 1 is 1.42 bits per heavy atom. The molecular weight excluding hydrogens is 308 g/mol. The van der Waals surface area contributed by atoms with Crippen molar-refractivity contribution in [1.29, 1.82) is 0 Å². The number of aromatic nitrogens is 4. The minimum Gasteiger partial charge on any atom is -0.373 e. The number of hydrogen-bond donors (Lipinski definition) is 1. The van der Waals surface area contributed by atoms with Gasteiger partial charge in [0.1, 0.15) is 30.1 Å². The normalized spacial score (nSPS) is 18.5. The number of carbonyl (C=O) groups excluding carboxylic acids is 1. The van der Waals surface area contributed by atoms with Crippen LogP contribution in [0.2, 0.25) is 0 Å². The molecule has 8 nitrogen and oxygen atoms in total. The van der Waals surface area contributed by atoms with E-state index in [2.05, 4.69) is 20.4 Å². The van der Waals surface area contributed by atoms with E-state index in [4.69, 9.17) is 4.74 Å². The number of rotatable bonds is 4. The molecule has 24 heavy (non-hydrogen) atoms. The molecule has 1 saturated heterocycles. The number of morpholine rings is 1. The molecule has 1 aliphatic rings. The number of pyridine rings is 1. The molecule has 1 N–H and O–H groups in total. The van der Waals surface area contributed by atoms with Crippen molar-refractivity contribution in [2.24, 2.45) is 0 Å². The van der Waals surface area contributed by atoms with Crippen LogP contribution in [0, 0.1) is 0 Å². The monoisotopic (exact) mass is 330 g/mol. The van der Waals surface area contributed by atoms with Crippen LogP contribution in [0.4, 0.5) is 5.82 Å². The van der Waals surface area contributed by atoms with Gasteiger partial charge in [-0.25, -0.2) is 14.6 Å². The average molecular weight is 330 g/mol. The van der Waals surface area contributed by atoms with E-state index in [1.54, 1.807) is 11.0 Å². The highest BCUT2D eigenvalue weighted by molar-refractivity contribution is 5.83. The minimum absolute atomic E-state index is 0.00827. The van der Waals surface area contributed by atoms with Crippen molar-refractivity contribution in [2.45, 2.75) is 25.5 Å². The van der Waals surface area contributed by atoms with Crippen molar-refractivity contribution < 1.29 is 9.53 Å². The van der Waals surface area contributed by atoms with Gasteiger partial charge < -0.3 is 15.0 Å². The lowest BCUT2D eigenvalue weighted by Crippen LogP contribution is -2.51. The van der Waals surface area contributed by atoms with Gasteiger partial charge in [0.15, 0.2) is 0 Å². The van der Waals surface area contributed by atoms with E-state index in [1.807, 2.05) is 44.0 Å². The molecule has 2 aromatic rings. The fourth-order valence-electron chi connectivity index (χ4n) is 2.76. The third-order valence-corrected chi connectivity index (χ3v) is 4.23. The summed E-state index contributed by atoms with van der Waals surface area (Å²) in [4.78, 5) is 23.2. The first-order valence-electron chi connectivity index (χ1n) is 7.93. The molecule has 8 heteroatoms. The Morgan fingerprint density at radius 3 is 2.96 bits per heavy atom. The van der Waals surface area contributed by atoms with Gasteiger partial charge in [0.2, 0.25) is 5.91 Å². The first-order chi connectivity index (χ1) is 11.5.